The van der Waals surface area contributed by atoms with Crippen molar-refractivity contribution >= 4 is 11.8 Å². The summed E-state index contributed by atoms with van der Waals surface area (Å²) in [7, 11) is 1.61. The number of carbonyl (C=O) groups excluding carboxylic acids is 2. The Kier molecular flexibility index (Phi) is 5.55. The summed E-state index contributed by atoms with van der Waals surface area (Å²) >= 11 is 0. The molecule has 1 rings (SSSR count). The van der Waals surface area contributed by atoms with Crippen LogP contribution in [-0.4, -0.2) is 25.5 Å². The van der Waals surface area contributed by atoms with Crippen LogP contribution in [0.25, 0.3) is 0 Å². The van der Waals surface area contributed by atoms with Gasteiger partial charge in [-0.15, -0.1) is 0 Å². The quantitative estimate of drug-likeness (QED) is 0.787. The molecule has 0 bridgehead atoms. The van der Waals surface area contributed by atoms with Gasteiger partial charge in [-0.25, -0.2) is 0 Å². The summed E-state index contributed by atoms with van der Waals surface area (Å²) in [6.45, 7) is 3.65. The lowest BCUT2D eigenvalue weighted by molar-refractivity contribution is -0.127. The van der Waals surface area contributed by atoms with Crippen LogP contribution < -0.4 is 15.8 Å². The van der Waals surface area contributed by atoms with Gasteiger partial charge in [0.2, 0.25) is 11.8 Å². The number of methoxy groups -OCH3 is 1. The molecule has 20 heavy (non-hydrogen) atoms. The highest BCUT2D eigenvalue weighted by molar-refractivity contribution is 5.82. The van der Waals surface area contributed by atoms with Gasteiger partial charge in [0, 0.05) is 13.0 Å². The summed E-state index contributed by atoms with van der Waals surface area (Å²) in [4.78, 5) is 22.9. The Morgan fingerprint density at radius 3 is 2.55 bits per heavy atom. The fourth-order valence-electron chi connectivity index (χ4n) is 1.65. The Bertz CT molecular complexity index is 484. The van der Waals surface area contributed by atoms with E-state index in [0.29, 0.717) is 12.8 Å². The molecule has 0 aromatic heterocycles. The van der Waals surface area contributed by atoms with Crippen molar-refractivity contribution in [1.82, 2.24) is 5.32 Å². The first-order valence-corrected chi connectivity index (χ1v) is 6.55. The third-order valence-electron chi connectivity index (χ3n) is 3.21. The number of nitrogens with one attached hydrogen (secondary N) is 1. The number of hydrogen-bond donors (Lipinski definition) is 2. The van der Waals surface area contributed by atoms with Crippen molar-refractivity contribution in [3.63, 3.8) is 0 Å². The van der Waals surface area contributed by atoms with E-state index in [2.05, 4.69) is 5.32 Å². The molecule has 0 saturated heterocycles. The summed E-state index contributed by atoms with van der Waals surface area (Å²) in [5.74, 6) is 0.241. The number of nitrogens with two attached hydrogens (primary N) is 1. The largest absolute Gasteiger partial charge is 0.496 e. The summed E-state index contributed by atoms with van der Waals surface area (Å²) in [6, 6.07) is 7.59. The molecule has 0 spiro atoms. The van der Waals surface area contributed by atoms with Crippen molar-refractivity contribution in [3.8, 4) is 5.75 Å². The van der Waals surface area contributed by atoms with E-state index in [1.54, 1.807) is 21.0 Å². The molecule has 0 heterocycles. The molecule has 110 valence electrons. The van der Waals surface area contributed by atoms with Crippen LogP contribution in [0.5, 0.6) is 5.75 Å². The van der Waals surface area contributed by atoms with Crippen LogP contribution in [-0.2, 0) is 16.0 Å². The van der Waals surface area contributed by atoms with Crippen LogP contribution in [0, 0.1) is 5.41 Å². The van der Waals surface area contributed by atoms with Crippen molar-refractivity contribution in [3.05, 3.63) is 29.8 Å². The number of benzene rings is 1. The van der Waals surface area contributed by atoms with Gasteiger partial charge in [-0.05, 0) is 31.9 Å². The zero-order valence-electron chi connectivity index (χ0n) is 12.2. The van der Waals surface area contributed by atoms with Crippen molar-refractivity contribution in [2.75, 3.05) is 13.7 Å². The molecule has 0 saturated carbocycles. The second-order valence-corrected chi connectivity index (χ2v) is 5.34. The van der Waals surface area contributed by atoms with Gasteiger partial charge in [0.05, 0.1) is 12.5 Å². The monoisotopic (exact) mass is 278 g/mol. The normalized spacial score (nSPS) is 10.9. The van der Waals surface area contributed by atoms with Crippen molar-refractivity contribution < 1.29 is 14.3 Å². The van der Waals surface area contributed by atoms with Crippen LogP contribution >= 0.6 is 0 Å². The van der Waals surface area contributed by atoms with E-state index in [4.69, 9.17) is 10.5 Å². The van der Waals surface area contributed by atoms with Gasteiger partial charge >= 0.3 is 0 Å². The topological polar surface area (TPSA) is 81.4 Å². The molecule has 0 unspecified atom stereocenters. The number of aryl methyl sites for hydroxylation is 1. The van der Waals surface area contributed by atoms with E-state index in [0.717, 1.165) is 11.3 Å². The Hall–Kier alpha value is -2.04. The van der Waals surface area contributed by atoms with E-state index in [9.17, 15) is 9.59 Å². The van der Waals surface area contributed by atoms with Gasteiger partial charge in [0.25, 0.3) is 0 Å². The Morgan fingerprint density at radius 1 is 1.30 bits per heavy atom. The SMILES string of the molecule is COc1ccccc1CCC(=O)NCC(C)(C)C(N)=O. The first-order chi connectivity index (χ1) is 9.36. The Labute approximate surface area is 119 Å². The third kappa shape index (κ3) is 4.57. The van der Waals surface area contributed by atoms with Crippen molar-refractivity contribution in [1.29, 1.82) is 0 Å². The molecule has 0 aliphatic heterocycles. The van der Waals surface area contributed by atoms with Crippen LogP contribution in [0.3, 0.4) is 0 Å². The maximum Gasteiger partial charge on any atom is 0.224 e. The van der Waals surface area contributed by atoms with Crippen molar-refractivity contribution in [2.24, 2.45) is 11.1 Å². The predicted octanol–water partition coefficient (Wildman–Crippen LogP) is 1.26. The van der Waals surface area contributed by atoms with Gasteiger partial charge < -0.3 is 15.8 Å². The van der Waals surface area contributed by atoms with Crippen molar-refractivity contribution in [2.45, 2.75) is 26.7 Å². The molecule has 0 fully saturated rings. The lowest BCUT2D eigenvalue weighted by Crippen LogP contribution is -2.42. The Morgan fingerprint density at radius 2 is 1.95 bits per heavy atom. The molecule has 1 aromatic carbocycles. The number of hydrogen-bond acceptors (Lipinski definition) is 3. The molecule has 0 aliphatic carbocycles. The fourth-order valence-corrected chi connectivity index (χ4v) is 1.65. The highest BCUT2D eigenvalue weighted by Crippen LogP contribution is 2.19. The number of amides is 2. The minimum atomic E-state index is -0.736. The standard InChI is InChI=1S/C15H22N2O3/c1-15(2,14(16)19)10-17-13(18)9-8-11-6-4-5-7-12(11)20-3/h4-7H,8-10H2,1-3H3,(H2,16,19)(H,17,18). The van der Waals surface area contributed by atoms with Gasteiger partial charge in [-0.2, -0.15) is 0 Å². The number of rotatable bonds is 7. The molecule has 5 heteroatoms. The highest BCUT2D eigenvalue weighted by atomic mass is 16.5. The minimum Gasteiger partial charge on any atom is -0.496 e. The number of carbonyl (C=O) groups is 2. The second-order valence-electron chi connectivity index (χ2n) is 5.34. The van der Waals surface area contributed by atoms with E-state index in [1.807, 2.05) is 24.3 Å². The second kappa shape index (κ2) is 6.93. The highest BCUT2D eigenvalue weighted by Gasteiger charge is 2.25. The maximum atomic E-state index is 11.8. The maximum absolute atomic E-state index is 11.8. The molecule has 0 aliphatic rings. The average molecular weight is 278 g/mol. The fraction of sp³-hybridized carbons (Fsp3) is 0.467. The van der Waals surface area contributed by atoms with Crippen LogP contribution in [0.2, 0.25) is 0 Å². The molecule has 3 N–H and O–H groups in total. The summed E-state index contributed by atoms with van der Waals surface area (Å²) in [5.41, 5.74) is 5.50. The summed E-state index contributed by atoms with van der Waals surface area (Å²) in [5, 5.41) is 2.73. The predicted molar refractivity (Wildman–Crippen MR) is 77.3 cm³/mol. The van der Waals surface area contributed by atoms with Gasteiger partial charge in [-0.1, -0.05) is 18.2 Å². The molecule has 2 amide bonds. The van der Waals surface area contributed by atoms with Crippen LogP contribution in [0.4, 0.5) is 0 Å². The zero-order valence-corrected chi connectivity index (χ0v) is 12.2. The molecule has 0 radical (unpaired) electrons. The van der Waals surface area contributed by atoms with Gasteiger partial charge in [-0.3, -0.25) is 9.59 Å². The molecule has 5 nitrogen and oxygen atoms in total. The first kappa shape index (κ1) is 16.0. The molecule has 1 aromatic rings. The number of primary amides is 1. The molecule has 0 atom stereocenters. The summed E-state index contributed by atoms with van der Waals surface area (Å²) in [6.07, 6.45) is 0.933. The lowest BCUT2D eigenvalue weighted by atomic mass is 9.93. The first-order valence-electron chi connectivity index (χ1n) is 6.55. The number of para-hydroxylation sites is 1. The van der Waals surface area contributed by atoms with E-state index >= 15 is 0 Å². The lowest BCUT2D eigenvalue weighted by Gasteiger charge is -2.20. The van der Waals surface area contributed by atoms with E-state index in [1.165, 1.54) is 0 Å². The minimum absolute atomic E-state index is 0.106. The van der Waals surface area contributed by atoms with Gasteiger partial charge in [0.15, 0.2) is 0 Å². The number of ether oxygens (including phenoxy) is 1. The average Bonchev–Trinajstić information content (AvgIpc) is 2.43. The molecular formula is C15H22N2O3. The zero-order chi connectivity index (χ0) is 15.2. The smallest absolute Gasteiger partial charge is 0.224 e. The Balaban J connectivity index is 2.46. The summed E-state index contributed by atoms with van der Waals surface area (Å²) < 4.78 is 5.23. The van der Waals surface area contributed by atoms with Crippen LogP contribution in [0.15, 0.2) is 24.3 Å². The molecular weight excluding hydrogens is 256 g/mol. The van der Waals surface area contributed by atoms with E-state index < -0.39 is 11.3 Å². The third-order valence-corrected chi connectivity index (χ3v) is 3.21. The van der Waals surface area contributed by atoms with E-state index in [-0.39, 0.29) is 12.5 Å². The van der Waals surface area contributed by atoms with Crippen LogP contribution in [0.1, 0.15) is 25.8 Å². The van der Waals surface area contributed by atoms with Gasteiger partial charge in [0.1, 0.15) is 5.75 Å².